The van der Waals surface area contributed by atoms with Crippen molar-refractivity contribution in [2.45, 2.75) is 18.6 Å². The van der Waals surface area contributed by atoms with Gasteiger partial charge in [0.1, 0.15) is 0 Å². The van der Waals surface area contributed by atoms with Crippen LogP contribution in [0.4, 0.5) is 0 Å². The normalized spacial score (nSPS) is 17.4. The summed E-state index contributed by atoms with van der Waals surface area (Å²) in [6.45, 7) is 5.19. The van der Waals surface area contributed by atoms with Crippen molar-refractivity contribution < 1.29 is 51.0 Å². The fourth-order valence-corrected chi connectivity index (χ4v) is 10.4. The summed E-state index contributed by atoms with van der Waals surface area (Å²) < 4.78 is 0. The molecule has 0 N–H and O–H groups in total. The van der Waals surface area contributed by atoms with Gasteiger partial charge < -0.3 is 24.8 Å². The van der Waals surface area contributed by atoms with Crippen molar-refractivity contribution in [1.82, 2.24) is 0 Å². The van der Waals surface area contributed by atoms with E-state index >= 15 is 0 Å². The van der Waals surface area contributed by atoms with E-state index in [2.05, 4.69) is 110 Å². The van der Waals surface area contributed by atoms with Crippen LogP contribution in [0.15, 0.2) is 97.1 Å². The first-order chi connectivity index (χ1) is 14.2. The summed E-state index contributed by atoms with van der Waals surface area (Å²) in [6.07, 6.45) is 9.19. The summed E-state index contributed by atoms with van der Waals surface area (Å²) in [4.78, 5) is 0. The van der Waals surface area contributed by atoms with Gasteiger partial charge in [-0.15, -0.1) is 0 Å². The third kappa shape index (κ3) is 3.51. The number of rotatable bonds is 2. The van der Waals surface area contributed by atoms with Gasteiger partial charge in [0.2, 0.25) is 0 Å². The van der Waals surface area contributed by atoms with Gasteiger partial charge in [0.05, 0.1) is 8.07 Å². The van der Waals surface area contributed by atoms with Crippen LogP contribution >= 0.6 is 0 Å². The minimum Gasteiger partial charge on any atom is -1.00 e. The van der Waals surface area contributed by atoms with Crippen LogP contribution in [0.25, 0.3) is 21.9 Å². The van der Waals surface area contributed by atoms with Crippen LogP contribution in [0.1, 0.15) is 16.7 Å². The largest absolute Gasteiger partial charge is 2.00 e. The first-order valence-electron chi connectivity index (χ1n) is 10.5. The molecule has 0 saturated heterocycles. The molecule has 0 bridgehead atoms. The third-order valence-electron chi connectivity index (χ3n) is 7.11. The summed E-state index contributed by atoms with van der Waals surface area (Å²) in [6, 6.07) is 27.3. The minimum atomic E-state index is -1.89. The molecule has 3 aliphatic rings. The zero-order chi connectivity index (χ0) is 19.6. The Balaban J connectivity index is 0.000000963. The maximum Gasteiger partial charge on any atom is 2.00 e. The molecule has 1 atom stereocenters. The van der Waals surface area contributed by atoms with Gasteiger partial charge in [-0.05, 0) is 38.3 Å². The van der Waals surface area contributed by atoms with E-state index in [1.54, 1.807) is 5.20 Å². The summed E-state index contributed by atoms with van der Waals surface area (Å²) >= 11 is 0. The second kappa shape index (κ2) is 9.43. The molecule has 32 heavy (non-hydrogen) atoms. The Morgan fingerprint density at radius 3 is 1.81 bits per heavy atom. The Labute approximate surface area is 222 Å². The number of allylic oxidation sites excluding steroid dienone is 4. The van der Waals surface area contributed by atoms with Gasteiger partial charge in [-0.1, -0.05) is 115 Å². The van der Waals surface area contributed by atoms with Crippen molar-refractivity contribution in [2.24, 2.45) is 5.92 Å². The fourth-order valence-electron chi connectivity index (χ4n) is 6.02. The molecule has 4 heteroatoms. The molecule has 0 spiro atoms. The second-order valence-corrected chi connectivity index (χ2v) is 13.5. The van der Waals surface area contributed by atoms with E-state index in [1.807, 2.05) is 0 Å². The van der Waals surface area contributed by atoms with E-state index in [4.69, 9.17) is 0 Å². The molecule has 3 aliphatic carbocycles. The van der Waals surface area contributed by atoms with Crippen molar-refractivity contribution >= 4 is 18.8 Å². The van der Waals surface area contributed by atoms with E-state index in [0.29, 0.717) is 11.5 Å². The van der Waals surface area contributed by atoms with Gasteiger partial charge in [-0.3, -0.25) is 0 Å². The van der Waals surface area contributed by atoms with Crippen LogP contribution in [-0.4, -0.2) is 8.07 Å². The molecule has 0 aliphatic heterocycles. The Hall–Kier alpha value is -1.44. The molecule has 1 unspecified atom stereocenters. The number of hydrogen-bond donors (Lipinski definition) is 0. The van der Waals surface area contributed by atoms with E-state index < -0.39 is 8.07 Å². The van der Waals surface area contributed by atoms with E-state index in [0.717, 1.165) is 0 Å². The van der Waals surface area contributed by atoms with Crippen molar-refractivity contribution in [3.63, 3.8) is 0 Å². The van der Waals surface area contributed by atoms with Crippen molar-refractivity contribution in [3.8, 4) is 11.1 Å². The van der Waals surface area contributed by atoms with E-state index in [-0.39, 0.29) is 51.0 Å². The molecule has 3 aromatic carbocycles. The van der Waals surface area contributed by atoms with Gasteiger partial charge in [0.15, 0.2) is 0 Å². The molecule has 3 aromatic rings. The molecule has 0 saturated carbocycles. The summed E-state index contributed by atoms with van der Waals surface area (Å²) in [5.74, 6) is 0.430. The van der Waals surface area contributed by atoms with Crippen LogP contribution in [0, 0.1) is 5.92 Å². The van der Waals surface area contributed by atoms with E-state index in [1.165, 1.54) is 38.3 Å². The molecule has 0 fully saturated rings. The predicted molar refractivity (Wildman–Crippen MR) is 125 cm³/mol. The summed E-state index contributed by atoms with van der Waals surface area (Å²) in [7, 11) is -1.89. The zero-order valence-electron chi connectivity index (χ0n) is 18.1. The quantitative estimate of drug-likeness (QED) is 0.372. The molecule has 0 nitrogen and oxygen atoms in total. The number of halogens is 2. The van der Waals surface area contributed by atoms with Gasteiger partial charge in [0, 0.05) is 11.5 Å². The maximum atomic E-state index is 2.60. The van der Waals surface area contributed by atoms with Crippen LogP contribution in [0.3, 0.4) is 0 Å². The molecule has 0 aromatic heterocycles. The second-order valence-electron chi connectivity index (χ2n) is 8.97. The van der Waals surface area contributed by atoms with Crippen LogP contribution < -0.4 is 35.3 Å². The zero-order valence-corrected chi connectivity index (χ0v) is 23.1. The summed E-state index contributed by atoms with van der Waals surface area (Å²) in [5.41, 5.74) is 7.90. The first kappa shape index (κ1) is 25.2. The van der Waals surface area contributed by atoms with Crippen molar-refractivity contribution in [3.05, 3.63) is 119 Å². The van der Waals surface area contributed by atoms with Crippen LogP contribution in [0.5, 0.6) is 0 Å². The average molecular weight is 551 g/mol. The molecular weight excluding hydrogens is 527 g/mol. The Morgan fingerprint density at radius 2 is 1.19 bits per heavy atom. The standard InChI is InChI=1S/C28H24Si.2ClH.Zr/c1-29(2,27-23-15-7-3-11-19(23)20-12-4-8-16-24(20)27)28-25-17-9-5-13-21(25)22-14-6-10-18-26(22)28;;;/h3-18,23,28H,1-2H3;2*1H;/q;;;+2/p-2. The van der Waals surface area contributed by atoms with E-state index in [9.17, 15) is 0 Å². The van der Waals surface area contributed by atoms with Crippen molar-refractivity contribution in [2.75, 3.05) is 0 Å². The Bertz CT molecular complexity index is 1310. The number of hydrogen-bond acceptors (Lipinski definition) is 0. The average Bonchev–Trinajstić information content (AvgIpc) is 3.28. The molecule has 6 rings (SSSR count). The van der Waals surface area contributed by atoms with Crippen LogP contribution in [0.2, 0.25) is 13.1 Å². The van der Waals surface area contributed by atoms with Gasteiger partial charge in [0.25, 0.3) is 0 Å². The molecule has 0 radical (unpaired) electrons. The fraction of sp³-hybridized carbons (Fsp3) is 0.143. The topological polar surface area (TPSA) is 0 Å². The molecule has 0 amide bonds. The number of fused-ring (bicyclic) bond motifs is 5. The van der Waals surface area contributed by atoms with Gasteiger partial charge in [-0.2, -0.15) is 0 Å². The Kier molecular flexibility index (Phi) is 7.42. The van der Waals surface area contributed by atoms with Gasteiger partial charge >= 0.3 is 26.2 Å². The molecule has 0 heterocycles. The monoisotopic (exact) mass is 548 g/mol. The minimum absolute atomic E-state index is 0. The molecule has 158 valence electrons. The number of benzene rings is 3. The third-order valence-corrected chi connectivity index (χ3v) is 11.1. The predicted octanol–water partition coefficient (Wildman–Crippen LogP) is -0.651. The maximum absolute atomic E-state index is 2.60. The van der Waals surface area contributed by atoms with Gasteiger partial charge in [-0.25, -0.2) is 0 Å². The Morgan fingerprint density at radius 1 is 0.656 bits per heavy atom. The SMILES string of the molecule is C[Si](C)(C1=c2ccccc2=C2C=CC=CC21)C1c2ccccc2-c2ccccc21.[Cl-].[Cl-].[Zr+2]. The van der Waals surface area contributed by atoms with Crippen LogP contribution in [-0.2, 0) is 26.2 Å². The smallest absolute Gasteiger partial charge is 1.00 e. The molecular formula is C28H24Cl2SiZr. The summed E-state index contributed by atoms with van der Waals surface area (Å²) in [5, 5.41) is 4.62. The first-order valence-corrected chi connectivity index (χ1v) is 13.6. The van der Waals surface area contributed by atoms with Crippen molar-refractivity contribution in [1.29, 1.82) is 0 Å².